The summed E-state index contributed by atoms with van der Waals surface area (Å²) in [5.41, 5.74) is 29.0. The van der Waals surface area contributed by atoms with E-state index in [-0.39, 0.29) is 0 Å². The Morgan fingerprint density at radius 1 is 0.337 bits per heavy atom. The number of hydrogen-bond donors (Lipinski definition) is 0. The largest absolute Gasteiger partial charge is 0.455 e. The normalized spacial score (nSPS) is 12.9. The molecule has 14 aromatic rings. The van der Waals surface area contributed by atoms with Crippen molar-refractivity contribution in [3.05, 3.63) is 299 Å². The Morgan fingerprint density at radius 3 is 1.28 bits per heavy atom. The summed E-state index contributed by atoms with van der Waals surface area (Å²) in [6, 6.07) is 92.9. The molecule has 4 heteroatoms. The number of rotatable bonds is 10. The van der Waals surface area contributed by atoms with Crippen molar-refractivity contribution in [3.8, 4) is 44.5 Å². The predicted octanol–water partition coefficient (Wildman–Crippen LogP) is 23.3. The van der Waals surface area contributed by atoms with Crippen LogP contribution < -0.4 is 9.80 Å². The number of nitrogens with zero attached hydrogens (tertiary/aromatic N) is 2. The Kier molecular flexibility index (Phi) is 11.8. The van der Waals surface area contributed by atoms with Gasteiger partial charge in [-0.05, 0) is 178 Å². The number of aryl methyl sites for hydroxylation is 3. The van der Waals surface area contributed by atoms with Gasteiger partial charge < -0.3 is 18.6 Å². The van der Waals surface area contributed by atoms with Gasteiger partial charge in [0.1, 0.15) is 22.3 Å². The van der Waals surface area contributed by atoms with Crippen LogP contribution in [0.3, 0.4) is 0 Å². The van der Waals surface area contributed by atoms with Gasteiger partial charge in [-0.2, -0.15) is 0 Å². The van der Waals surface area contributed by atoms with Gasteiger partial charge in [0.15, 0.2) is 0 Å². The van der Waals surface area contributed by atoms with Gasteiger partial charge in [0, 0.05) is 44.6 Å². The van der Waals surface area contributed by atoms with Crippen LogP contribution in [-0.2, 0) is 5.41 Å². The number of anilines is 6. The van der Waals surface area contributed by atoms with Crippen LogP contribution in [0.5, 0.6) is 0 Å². The molecular formula is C82H64N2O2. The first-order valence-electron chi connectivity index (χ1n) is 30.4. The molecule has 1 spiro atoms. The predicted molar refractivity (Wildman–Crippen MR) is 360 cm³/mol. The summed E-state index contributed by atoms with van der Waals surface area (Å²) in [5, 5.41) is 4.18. The molecule has 2 aliphatic rings. The molecule has 0 saturated heterocycles. The van der Waals surface area contributed by atoms with Crippen LogP contribution in [0.15, 0.2) is 258 Å². The highest BCUT2D eigenvalue weighted by atomic mass is 16.3. The van der Waals surface area contributed by atoms with E-state index in [1.54, 1.807) is 0 Å². The second-order valence-corrected chi connectivity index (χ2v) is 24.5. The molecule has 16 rings (SSSR count). The van der Waals surface area contributed by atoms with Crippen LogP contribution >= 0.6 is 0 Å². The van der Waals surface area contributed by atoms with Gasteiger partial charge >= 0.3 is 0 Å². The number of para-hydroxylation sites is 2. The summed E-state index contributed by atoms with van der Waals surface area (Å²) < 4.78 is 15.2. The van der Waals surface area contributed by atoms with Gasteiger partial charge in [0.2, 0.25) is 0 Å². The molecule has 0 unspecified atom stereocenters. The summed E-state index contributed by atoms with van der Waals surface area (Å²) in [4.78, 5) is 4.99. The van der Waals surface area contributed by atoms with Gasteiger partial charge in [0.25, 0.3) is 0 Å². The monoisotopic (exact) mass is 1110 g/mol. The summed E-state index contributed by atoms with van der Waals surface area (Å²) >= 11 is 0. The fourth-order valence-electron chi connectivity index (χ4n) is 14.4. The average Bonchev–Trinajstić information content (AvgIpc) is 1.50. The van der Waals surface area contributed by atoms with E-state index in [4.69, 9.17) is 8.83 Å². The Balaban J connectivity index is 1.07. The van der Waals surface area contributed by atoms with Crippen LogP contribution in [0, 0.1) is 20.8 Å². The third kappa shape index (κ3) is 7.75. The quantitative estimate of drug-likeness (QED) is 0.137. The molecule has 414 valence electrons. The van der Waals surface area contributed by atoms with Crippen molar-refractivity contribution in [3.63, 3.8) is 0 Å². The zero-order valence-corrected chi connectivity index (χ0v) is 49.5. The van der Waals surface area contributed by atoms with E-state index < -0.39 is 5.41 Å². The minimum absolute atomic E-state index is 0.364. The molecule has 0 atom stereocenters. The molecule has 4 nitrogen and oxygen atoms in total. The standard InChI is InChI=1S/C82H64N2O2/c1-49(2)54-36-41-59(42-37-54)83(61-18-16-17-58(45-61)56-32-27-51(5)28-33-56)72-47-70-78(80-76(72)65-21-10-14-25-74(65)85-80)79-71(82(70)68-23-12-8-19-63(68)64-20-9-13-24-69(64)82)48-73(77-66-22-11-15-26-75(66)86-81(77)79)84(60-43-38-55(39-44-60)50(3)4)62-40-31-53(7)67(46-62)57-34-29-52(6)30-35-57/h8-50H,1-7H3. The maximum Gasteiger partial charge on any atom is 0.145 e. The third-order valence-corrected chi connectivity index (χ3v) is 18.7. The van der Waals surface area contributed by atoms with Crippen LogP contribution in [-0.4, -0.2) is 0 Å². The van der Waals surface area contributed by atoms with Gasteiger partial charge in [-0.3, -0.25) is 0 Å². The highest BCUT2D eigenvalue weighted by Crippen LogP contribution is 2.68. The van der Waals surface area contributed by atoms with Crippen molar-refractivity contribution >= 4 is 78.0 Å². The third-order valence-electron chi connectivity index (χ3n) is 18.7. The maximum atomic E-state index is 7.62. The zero-order chi connectivity index (χ0) is 58.1. The first-order valence-corrected chi connectivity index (χ1v) is 30.4. The molecule has 0 radical (unpaired) electrons. The van der Waals surface area contributed by atoms with Crippen molar-refractivity contribution in [1.82, 2.24) is 0 Å². The smallest absolute Gasteiger partial charge is 0.145 e. The Hall–Kier alpha value is -10.2. The summed E-state index contributed by atoms with van der Waals surface area (Å²) in [5.74, 6) is 0.729. The van der Waals surface area contributed by atoms with Crippen LogP contribution in [0.1, 0.15) is 89.6 Å². The second kappa shape index (κ2) is 19.7. The zero-order valence-electron chi connectivity index (χ0n) is 49.5. The fourth-order valence-corrected chi connectivity index (χ4v) is 14.4. The van der Waals surface area contributed by atoms with E-state index in [1.165, 1.54) is 66.8 Å². The molecule has 0 bridgehead atoms. The lowest BCUT2D eigenvalue weighted by Crippen LogP contribution is -2.26. The summed E-state index contributed by atoms with van der Waals surface area (Å²) in [6.45, 7) is 15.6. The van der Waals surface area contributed by atoms with Gasteiger partial charge in [-0.15, -0.1) is 0 Å². The summed E-state index contributed by atoms with van der Waals surface area (Å²) in [6.07, 6.45) is 0. The van der Waals surface area contributed by atoms with Crippen molar-refractivity contribution in [2.45, 2.75) is 65.7 Å². The van der Waals surface area contributed by atoms with Gasteiger partial charge in [-0.1, -0.05) is 215 Å². The lowest BCUT2D eigenvalue weighted by atomic mass is 9.70. The van der Waals surface area contributed by atoms with Crippen LogP contribution in [0.2, 0.25) is 0 Å². The first kappa shape index (κ1) is 51.5. The Morgan fingerprint density at radius 2 is 0.779 bits per heavy atom. The minimum atomic E-state index is -0.855. The topological polar surface area (TPSA) is 32.8 Å². The highest BCUT2D eigenvalue weighted by Gasteiger charge is 2.55. The Bertz CT molecular complexity index is 4970. The Labute approximate surface area is 502 Å². The van der Waals surface area contributed by atoms with Crippen molar-refractivity contribution in [1.29, 1.82) is 0 Å². The van der Waals surface area contributed by atoms with E-state index in [9.17, 15) is 0 Å². The molecule has 2 aromatic heterocycles. The molecule has 0 amide bonds. The molecule has 0 saturated carbocycles. The molecule has 0 fully saturated rings. The van der Waals surface area contributed by atoms with Crippen LogP contribution in [0.4, 0.5) is 34.1 Å². The number of furan rings is 2. The summed E-state index contributed by atoms with van der Waals surface area (Å²) in [7, 11) is 0. The molecular weight excluding hydrogens is 1040 g/mol. The number of fused-ring (bicyclic) bond motifs is 18. The SMILES string of the molecule is Cc1ccc(-c2cccc(N(c3ccc(C(C)C)cc3)c3cc4c(c5oc6ccccc6c35)-c3c(cc(N(c5ccc(C(C)C)cc5)c5ccc(C)c(-c6ccc(C)cc6)c5)c5c3oc3ccccc35)C43c4ccccc4-c4ccccc43)c2)cc1. The highest BCUT2D eigenvalue weighted by molar-refractivity contribution is 6.25. The van der Waals surface area contributed by atoms with Gasteiger partial charge in [-0.25, -0.2) is 0 Å². The van der Waals surface area contributed by atoms with Crippen molar-refractivity contribution < 1.29 is 8.83 Å². The van der Waals surface area contributed by atoms with E-state index in [0.717, 1.165) is 106 Å². The lowest BCUT2D eigenvalue weighted by Gasteiger charge is -2.34. The molecule has 2 heterocycles. The number of hydrogen-bond acceptors (Lipinski definition) is 4. The van der Waals surface area contributed by atoms with Gasteiger partial charge in [0.05, 0.1) is 27.6 Å². The average molecular weight is 1110 g/mol. The van der Waals surface area contributed by atoms with Crippen molar-refractivity contribution in [2.75, 3.05) is 9.80 Å². The maximum absolute atomic E-state index is 7.62. The molecule has 86 heavy (non-hydrogen) atoms. The minimum Gasteiger partial charge on any atom is -0.455 e. The second-order valence-electron chi connectivity index (χ2n) is 24.5. The molecule has 12 aromatic carbocycles. The lowest BCUT2D eigenvalue weighted by molar-refractivity contribution is 0.665. The fraction of sp³-hybridized carbons (Fsp3) is 0.122. The van der Waals surface area contributed by atoms with Crippen LogP contribution in [0.25, 0.3) is 88.4 Å². The van der Waals surface area contributed by atoms with E-state index in [1.807, 2.05) is 0 Å². The molecule has 0 aliphatic heterocycles. The number of benzene rings is 12. The van der Waals surface area contributed by atoms with Crippen molar-refractivity contribution in [2.24, 2.45) is 0 Å². The van der Waals surface area contributed by atoms with E-state index in [2.05, 4.69) is 307 Å². The van der Waals surface area contributed by atoms with E-state index >= 15 is 0 Å². The first-order chi connectivity index (χ1) is 42.0. The van der Waals surface area contributed by atoms with E-state index in [0.29, 0.717) is 11.8 Å². The molecule has 2 aliphatic carbocycles. The molecule has 0 N–H and O–H groups in total.